The van der Waals surface area contributed by atoms with Gasteiger partial charge in [0.1, 0.15) is 0 Å². The fourth-order valence-electron chi connectivity index (χ4n) is 3.16. The van der Waals surface area contributed by atoms with Crippen LogP contribution in [-0.4, -0.2) is 27.2 Å². The maximum absolute atomic E-state index is 11.2. The van der Waals surface area contributed by atoms with Crippen LogP contribution in [0.1, 0.15) is 49.5 Å². The zero-order chi connectivity index (χ0) is 19.4. The van der Waals surface area contributed by atoms with E-state index >= 15 is 0 Å². The van der Waals surface area contributed by atoms with Crippen molar-refractivity contribution in [3.05, 3.63) is 43.8 Å². The van der Waals surface area contributed by atoms with E-state index in [1.54, 1.807) is 0 Å². The Morgan fingerprint density at radius 1 is 1.15 bits per heavy atom. The predicted molar refractivity (Wildman–Crippen MR) is 96.0 cm³/mol. The number of ether oxygens (including phenoxy) is 1. The van der Waals surface area contributed by atoms with Crippen molar-refractivity contribution in [1.29, 1.82) is 0 Å². The zero-order valence-electron chi connectivity index (χ0n) is 14.6. The number of thioether (sulfide) groups is 1. The Bertz CT molecular complexity index is 814. The Morgan fingerprint density at radius 2 is 1.78 bits per heavy atom. The van der Waals surface area contributed by atoms with Gasteiger partial charge in [-0.1, -0.05) is 31.0 Å². The lowest BCUT2D eigenvalue weighted by molar-refractivity contribution is -0.395. The fraction of sp³-hybridized carbons (Fsp3) is 0.500. The lowest BCUT2D eigenvalue weighted by atomic mass is 9.89. The molecule has 1 heterocycles. The molecule has 10 nitrogen and oxygen atoms in total. The van der Waals surface area contributed by atoms with Gasteiger partial charge in [0, 0.05) is 23.8 Å². The summed E-state index contributed by atoms with van der Waals surface area (Å²) in [4.78, 5) is 21.0. The second-order valence-corrected chi connectivity index (χ2v) is 7.14. The molecule has 144 valence electrons. The van der Waals surface area contributed by atoms with E-state index in [0.29, 0.717) is 16.7 Å². The molecular weight excluding hydrogens is 376 g/mol. The lowest BCUT2D eigenvalue weighted by Gasteiger charge is -2.17. The minimum absolute atomic E-state index is 0.220. The molecule has 1 saturated carbocycles. The Labute approximate surface area is 158 Å². The maximum Gasteiger partial charge on any atom is 0.318 e. The highest BCUT2D eigenvalue weighted by molar-refractivity contribution is 7.98. The van der Waals surface area contributed by atoms with E-state index in [2.05, 4.69) is 10.2 Å². The molecule has 1 aliphatic rings. The lowest BCUT2D eigenvalue weighted by Crippen LogP contribution is -2.04. The number of hydrogen-bond donors (Lipinski definition) is 0. The second kappa shape index (κ2) is 8.33. The number of benzene rings is 1. The molecule has 1 aromatic heterocycles. The summed E-state index contributed by atoms with van der Waals surface area (Å²) in [6.07, 6.45) is 5.58. The number of hydrogen-bond acceptors (Lipinski definition) is 9. The van der Waals surface area contributed by atoms with Gasteiger partial charge in [-0.05, 0) is 18.4 Å². The largest absolute Gasteiger partial charge is 0.485 e. The topological polar surface area (TPSA) is 134 Å². The van der Waals surface area contributed by atoms with Gasteiger partial charge in [-0.25, -0.2) is 0 Å². The van der Waals surface area contributed by atoms with Crippen LogP contribution in [0.15, 0.2) is 21.8 Å². The zero-order valence-corrected chi connectivity index (χ0v) is 15.4. The molecule has 27 heavy (non-hydrogen) atoms. The molecule has 0 amide bonds. The van der Waals surface area contributed by atoms with E-state index in [1.165, 1.54) is 30.3 Å². The van der Waals surface area contributed by atoms with Crippen LogP contribution in [0.5, 0.6) is 5.75 Å². The molecular formula is C16H18N4O6S. The normalized spacial score (nSPS) is 14.9. The van der Waals surface area contributed by atoms with Crippen LogP contribution in [0, 0.1) is 20.2 Å². The summed E-state index contributed by atoms with van der Waals surface area (Å²) in [5.74, 6) is 0.751. The average molecular weight is 394 g/mol. The molecule has 11 heteroatoms. The van der Waals surface area contributed by atoms with E-state index in [0.717, 1.165) is 32.8 Å². The van der Waals surface area contributed by atoms with Crippen LogP contribution < -0.4 is 4.74 Å². The predicted octanol–water partition coefficient (Wildman–Crippen LogP) is 4.23. The van der Waals surface area contributed by atoms with E-state index in [4.69, 9.17) is 9.15 Å². The number of nitro benzene ring substituents is 2. The first-order chi connectivity index (χ1) is 13.0. The minimum Gasteiger partial charge on any atom is -0.485 e. The molecule has 1 fully saturated rings. The van der Waals surface area contributed by atoms with Gasteiger partial charge in [-0.2, -0.15) is 0 Å². The molecule has 2 aromatic rings. The van der Waals surface area contributed by atoms with Crippen molar-refractivity contribution in [1.82, 2.24) is 10.2 Å². The third-order valence-electron chi connectivity index (χ3n) is 4.45. The first-order valence-corrected chi connectivity index (χ1v) is 9.44. The number of nitrogens with zero attached hydrogens (tertiary/aromatic N) is 4. The first-order valence-electron chi connectivity index (χ1n) is 8.45. The molecule has 0 atom stereocenters. The maximum atomic E-state index is 11.2. The first kappa shape index (κ1) is 19.1. The highest BCUT2D eigenvalue weighted by Gasteiger charge is 2.28. The summed E-state index contributed by atoms with van der Waals surface area (Å²) in [5, 5.41) is 30.9. The molecule has 3 rings (SSSR count). The fourth-order valence-corrected chi connectivity index (χ4v) is 3.86. The van der Waals surface area contributed by atoms with Crippen LogP contribution in [0.3, 0.4) is 0 Å². The van der Waals surface area contributed by atoms with Gasteiger partial charge in [0.05, 0.1) is 17.0 Å². The molecule has 1 aromatic carbocycles. The number of aromatic nitrogens is 2. The third-order valence-corrected chi connectivity index (χ3v) is 5.34. The SMILES string of the molecule is COc1c([N+](=O)[O-])cc(CSc2nnc(C3CCCCC3)o2)cc1[N+](=O)[O-]. The van der Waals surface area contributed by atoms with Gasteiger partial charge in [-0.15, -0.1) is 10.2 Å². The van der Waals surface area contributed by atoms with E-state index < -0.39 is 21.2 Å². The van der Waals surface area contributed by atoms with Gasteiger partial charge in [0.2, 0.25) is 5.89 Å². The van der Waals surface area contributed by atoms with Crippen molar-refractivity contribution >= 4 is 23.1 Å². The van der Waals surface area contributed by atoms with Crippen molar-refractivity contribution in [3.63, 3.8) is 0 Å². The van der Waals surface area contributed by atoms with Gasteiger partial charge < -0.3 is 9.15 Å². The van der Waals surface area contributed by atoms with Crippen molar-refractivity contribution < 1.29 is 19.0 Å². The van der Waals surface area contributed by atoms with Crippen molar-refractivity contribution in [2.24, 2.45) is 0 Å². The van der Waals surface area contributed by atoms with Crippen molar-refractivity contribution in [3.8, 4) is 5.75 Å². The molecule has 0 radical (unpaired) electrons. The molecule has 0 unspecified atom stereocenters. The Balaban J connectivity index is 1.76. The van der Waals surface area contributed by atoms with Crippen molar-refractivity contribution in [2.75, 3.05) is 7.11 Å². The molecule has 0 aliphatic heterocycles. The Morgan fingerprint density at radius 3 is 2.33 bits per heavy atom. The number of methoxy groups -OCH3 is 1. The second-order valence-electron chi connectivity index (χ2n) is 6.21. The Hall–Kier alpha value is -2.69. The van der Waals surface area contributed by atoms with Gasteiger partial charge >= 0.3 is 11.4 Å². The quantitative estimate of drug-likeness (QED) is 0.384. The smallest absolute Gasteiger partial charge is 0.318 e. The summed E-state index contributed by atoms with van der Waals surface area (Å²) < 4.78 is 10.5. The van der Waals surface area contributed by atoms with Crippen LogP contribution in [0.2, 0.25) is 0 Å². The standard InChI is InChI=1S/C16H18N4O6S/c1-25-14-12(19(21)22)7-10(8-13(14)20(23)24)9-27-16-18-17-15(26-16)11-5-3-2-4-6-11/h7-8,11H,2-6,9H2,1H3. The van der Waals surface area contributed by atoms with E-state index in [-0.39, 0.29) is 17.4 Å². The van der Waals surface area contributed by atoms with Crippen LogP contribution in [0.25, 0.3) is 0 Å². The summed E-state index contributed by atoms with van der Waals surface area (Å²) >= 11 is 1.19. The highest BCUT2D eigenvalue weighted by Crippen LogP contribution is 2.39. The number of nitro groups is 2. The van der Waals surface area contributed by atoms with Gasteiger partial charge in [0.25, 0.3) is 11.0 Å². The third kappa shape index (κ3) is 4.35. The summed E-state index contributed by atoms with van der Waals surface area (Å²) in [7, 11) is 1.16. The molecule has 1 aliphatic carbocycles. The van der Waals surface area contributed by atoms with Crippen LogP contribution >= 0.6 is 11.8 Å². The summed E-state index contributed by atoms with van der Waals surface area (Å²) in [6, 6.07) is 2.52. The molecule has 0 saturated heterocycles. The molecule has 0 N–H and O–H groups in total. The molecule has 0 spiro atoms. The molecule has 0 bridgehead atoms. The van der Waals surface area contributed by atoms with Crippen LogP contribution in [-0.2, 0) is 5.75 Å². The highest BCUT2D eigenvalue weighted by atomic mass is 32.2. The Kier molecular flexibility index (Phi) is 5.89. The number of rotatable bonds is 7. The van der Waals surface area contributed by atoms with Crippen LogP contribution in [0.4, 0.5) is 11.4 Å². The van der Waals surface area contributed by atoms with E-state index in [9.17, 15) is 20.2 Å². The van der Waals surface area contributed by atoms with Crippen molar-refractivity contribution in [2.45, 2.75) is 49.0 Å². The minimum atomic E-state index is -0.701. The van der Waals surface area contributed by atoms with Gasteiger partial charge in [0.15, 0.2) is 0 Å². The summed E-state index contributed by atoms with van der Waals surface area (Å²) in [5.41, 5.74) is -0.497. The van der Waals surface area contributed by atoms with Gasteiger partial charge in [-0.3, -0.25) is 20.2 Å². The van der Waals surface area contributed by atoms with E-state index in [1.807, 2.05) is 0 Å². The monoisotopic (exact) mass is 394 g/mol. The average Bonchev–Trinajstić information content (AvgIpc) is 3.15. The summed E-state index contributed by atoms with van der Waals surface area (Å²) in [6.45, 7) is 0.